The normalized spacial score (nSPS) is 20.4. The van der Waals surface area contributed by atoms with Crippen LogP contribution in [-0.4, -0.2) is 29.8 Å². The number of piperidine rings is 1. The van der Waals surface area contributed by atoms with Gasteiger partial charge in [-0.3, -0.25) is 4.79 Å². The van der Waals surface area contributed by atoms with E-state index in [4.69, 9.17) is 0 Å². The van der Waals surface area contributed by atoms with Gasteiger partial charge in [0.25, 0.3) is 0 Å². The van der Waals surface area contributed by atoms with Gasteiger partial charge in [-0.15, -0.1) is 0 Å². The molecule has 0 radical (unpaired) electrons. The minimum absolute atomic E-state index is 0.115. The molecule has 0 spiro atoms. The van der Waals surface area contributed by atoms with Crippen molar-refractivity contribution in [1.29, 1.82) is 0 Å². The minimum Gasteiger partial charge on any atom is -0.301 e. The number of halogens is 1. The van der Waals surface area contributed by atoms with E-state index in [2.05, 4.69) is 11.8 Å². The molecule has 0 unspecified atom stereocenters. The average Bonchev–Trinajstić information content (AvgIpc) is 2.41. The molecule has 1 aromatic carbocycles. The number of benzene rings is 1. The number of nitrogens with zero attached hydrogens (tertiary/aromatic N) is 1. The van der Waals surface area contributed by atoms with E-state index in [-0.39, 0.29) is 11.6 Å². The Labute approximate surface area is 114 Å². The van der Waals surface area contributed by atoms with Crippen molar-refractivity contribution in [3.05, 3.63) is 35.6 Å². The molecule has 3 heteroatoms. The third-order valence-corrected chi connectivity index (χ3v) is 3.96. The quantitative estimate of drug-likeness (QED) is 0.756. The van der Waals surface area contributed by atoms with Gasteiger partial charge in [0.05, 0.1) is 0 Å². The van der Waals surface area contributed by atoms with Gasteiger partial charge in [0.1, 0.15) is 5.82 Å². The first-order chi connectivity index (χ1) is 9.16. The summed E-state index contributed by atoms with van der Waals surface area (Å²) in [6.07, 6.45) is 5.31. The Balaban J connectivity index is 1.76. The lowest BCUT2D eigenvalue weighted by atomic mass is 10.0. The monoisotopic (exact) mass is 263 g/mol. The first-order valence-electron chi connectivity index (χ1n) is 7.19. The summed E-state index contributed by atoms with van der Waals surface area (Å²) in [6.45, 7) is 4.42. The maximum Gasteiger partial charge on any atom is 0.162 e. The molecule has 0 bridgehead atoms. The van der Waals surface area contributed by atoms with Crippen molar-refractivity contribution < 1.29 is 9.18 Å². The van der Waals surface area contributed by atoms with Crippen molar-refractivity contribution in [3.63, 3.8) is 0 Å². The molecule has 2 nitrogen and oxygen atoms in total. The summed E-state index contributed by atoms with van der Waals surface area (Å²) in [6, 6.07) is 6.48. The van der Waals surface area contributed by atoms with Crippen LogP contribution in [0.4, 0.5) is 4.39 Å². The second kappa shape index (κ2) is 6.80. The molecule has 19 heavy (non-hydrogen) atoms. The van der Waals surface area contributed by atoms with Gasteiger partial charge in [-0.05, 0) is 63.5 Å². The molecule has 1 aromatic rings. The molecule has 2 rings (SSSR count). The van der Waals surface area contributed by atoms with Crippen LogP contribution in [-0.2, 0) is 0 Å². The molecule has 0 aromatic heterocycles. The van der Waals surface area contributed by atoms with Crippen molar-refractivity contribution in [2.75, 3.05) is 13.1 Å². The Bertz CT molecular complexity index is 415. The van der Waals surface area contributed by atoms with Crippen molar-refractivity contribution in [2.45, 2.75) is 45.1 Å². The first kappa shape index (κ1) is 14.2. The van der Waals surface area contributed by atoms with Crippen LogP contribution in [0.15, 0.2) is 24.3 Å². The third-order valence-electron chi connectivity index (χ3n) is 3.96. The Morgan fingerprint density at radius 1 is 1.32 bits per heavy atom. The van der Waals surface area contributed by atoms with Crippen LogP contribution in [0.1, 0.15) is 49.4 Å². The molecule has 1 saturated heterocycles. The molecule has 0 aliphatic carbocycles. The van der Waals surface area contributed by atoms with Gasteiger partial charge in [-0.25, -0.2) is 4.39 Å². The smallest absolute Gasteiger partial charge is 0.162 e. The van der Waals surface area contributed by atoms with E-state index in [1.54, 1.807) is 12.1 Å². The highest BCUT2D eigenvalue weighted by Crippen LogP contribution is 2.17. The average molecular weight is 263 g/mol. The molecule has 1 heterocycles. The molecule has 1 aliphatic heterocycles. The summed E-state index contributed by atoms with van der Waals surface area (Å²) < 4.78 is 12.8. The van der Waals surface area contributed by atoms with E-state index >= 15 is 0 Å². The van der Waals surface area contributed by atoms with Gasteiger partial charge in [-0.1, -0.05) is 6.42 Å². The van der Waals surface area contributed by atoms with Gasteiger partial charge in [0.2, 0.25) is 0 Å². The van der Waals surface area contributed by atoms with Crippen molar-refractivity contribution in [2.24, 2.45) is 0 Å². The van der Waals surface area contributed by atoms with Crippen LogP contribution < -0.4 is 0 Å². The maximum absolute atomic E-state index is 12.8. The highest BCUT2D eigenvalue weighted by Gasteiger charge is 2.17. The Morgan fingerprint density at radius 3 is 2.74 bits per heavy atom. The molecule has 0 amide bonds. The van der Waals surface area contributed by atoms with Crippen LogP contribution in [0.2, 0.25) is 0 Å². The van der Waals surface area contributed by atoms with E-state index in [0.717, 1.165) is 19.5 Å². The van der Waals surface area contributed by atoms with Gasteiger partial charge >= 0.3 is 0 Å². The fourth-order valence-corrected chi connectivity index (χ4v) is 2.71. The standard InChI is InChI=1S/C16H22FNO/c1-13-5-2-3-11-18(13)12-4-6-16(19)14-7-9-15(17)10-8-14/h7-10,13H,2-6,11-12H2,1H3/t13-/m1/s1. The highest BCUT2D eigenvalue weighted by molar-refractivity contribution is 5.95. The number of hydrogen-bond acceptors (Lipinski definition) is 2. The largest absolute Gasteiger partial charge is 0.301 e. The number of hydrogen-bond donors (Lipinski definition) is 0. The summed E-state index contributed by atoms with van der Waals surface area (Å²) in [7, 11) is 0. The van der Waals surface area contributed by atoms with Crippen LogP contribution in [0, 0.1) is 5.82 Å². The van der Waals surface area contributed by atoms with Crippen LogP contribution in [0.5, 0.6) is 0 Å². The number of likely N-dealkylation sites (tertiary alicyclic amines) is 1. The van der Waals surface area contributed by atoms with Crippen molar-refractivity contribution >= 4 is 5.78 Å². The van der Waals surface area contributed by atoms with Gasteiger partial charge in [-0.2, -0.15) is 0 Å². The summed E-state index contributed by atoms with van der Waals surface area (Å²) in [5.74, 6) is -0.177. The second-order valence-electron chi connectivity index (χ2n) is 5.41. The SMILES string of the molecule is C[C@@H]1CCCCN1CCCC(=O)c1ccc(F)cc1. The van der Waals surface area contributed by atoms with Crippen molar-refractivity contribution in [1.82, 2.24) is 4.90 Å². The number of rotatable bonds is 5. The number of carbonyl (C=O) groups is 1. The Hall–Kier alpha value is -1.22. The molecule has 1 fully saturated rings. The topological polar surface area (TPSA) is 20.3 Å². The van der Waals surface area contributed by atoms with Crippen LogP contribution in [0.25, 0.3) is 0 Å². The fraction of sp³-hybridized carbons (Fsp3) is 0.562. The summed E-state index contributed by atoms with van der Waals surface area (Å²) in [5.41, 5.74) is 0.619. The molecule has 104 valence electrons. The zero-order valence-electron chi connectivity index (χ0n) is 11.6. The van der Waals surface area contributed by atoms with E-state index in [1.807, 2.05) is 0 Å². The number of carbonyl (C=O) groups excluding carboxylic acids is 1. The Morgan fingerprint density at radius 2 is 2.05 bits per heavy atom. The van der Waals surface area contributed by atoms with E-state index in [0.29, 0.717) is 18.0 Å². The lowest BCUT2D eigenvalue weighted by molar-refractivity contribution is 0.0964. The molecule has 0 N–H and O–H groups in total. The summed E-state index contributed by atoms with van der Waals surface area (Å²) >= 11 is 0. The van der Waals surface area contributed by atoms with Gasteiger partial charge in [0, 0.05) is 18.0 Å². The Kier molecular flexibility index (Phi) is 5.08. The molecular weight excluding hydrogens is 241 g/mol. The zero-order chi connectivity index (χ0) is 13.7. The highest BCUT2D eigenvalue weighted by atomic mass is 19.1. The molecule has 0 saturated carbocycles. The van der Waals surface area contributed by atoms with Crippen LogP contribution >= 0.6 is 0 Å². The van der Waals surface area contributed by atoms with Gasteiger partial charge in [0.15, 0.2) is 5.78 Å². The van der Waals surface area contributed by atoms with Crippen LogP contribution in [0.3, 0.4) is 0 Å². The van der Waals surface area contributed by atoms with E-state index in [1.165, 1.54) is 31.4 Å². The second-order valence-corrected chi connectivity index (χ2v) is 5.41. The van der Waals surface area contributed by atoms with Gasteiger partial charge < -0.3 is 4.90 Å². The predicted octanol–water partition coefficient (Wildman–Crippen LogP) is 3.66. The molecular formula is C16H22FNO. The lowest BCUT2D eigenvalue weighted by Gasteiger charge is -2.33. The predicted molar refractivity (Wildman–Crippen MR) is 74.9 cm³/mol. The maximum atomic E-state index is 12.8. The molecule has 1 atom stereocenters. The van der Waals surface area contributed by atoms with E-state index < -0.39 is 0 Å². The molecule has 1 aliphatic rings. The zero-order valence-corrected chi connectivity index (χ0v) is 11.6. The van der Waals surface area contributed by atoms with Crippen molar-refractivity contribution in [3.8, 4) is 0 Å². The third kappa shape index (κ3) is 4.13. The van der Waals surface area contributed by atoms with E-state index in [9.17, 15) is 9.18 Å². The lowest BCUT2D eigenvalue weighted by Crippen LogP contribution is -2.38. The number of ketones is 1. The number of Topliss-reactive ketones (excluding diaryl/α,β-unsaturated/α-hetero) is 1. The summed E-state index contributed by atoms with van der Waals surface area (Å²) in [4.78, 5) is 14.4. The first-order valence-corrected chi connectivity index (χ1v) is 7.19. The minimum atomic E-state index is -0.293. The summed E-state index contributed by atoms with van der Waals surface area (Å²) in [5, 5.41) is 0. The fourth-order valence-electron chi connectivity index (χ4n) is 2.71.